The molecule has 0 aliphatic carbocycles. The summed E-state index contributed by atoms with van der Waals surface area (Å²) in [6.45, 7) is 0. The molecule has 0 amide bonds. The zero-order valence-electron chi connectivity index (χ0n) is 6.13. The molecule has 0 aliphatic heterocycles. The Balaban J connectivity index is -0.00000000214. The van der Waals surface area contributed by atoms with Crippen molar-refractivity contribution >= 4 is 21.2 Å². The Morgan fingerprint density at radius 3 is 0.727 bits per heavy atom. The minimum Gasteiger partial charge on any atom is -0.806 e. The van der Waals surface area contributed by atoms with Crippen LogP contribution in [0.5, 0.6) is 0 Å². The van der Waals surface area contributed by atoms with Gasteiger partial charge in [-0.15, -0.1) is 0 Å². The van der Waals surface area contributed by atoms with E-state index in [9.17, 15) is 0 Å². The predicted molar refractivity (Wildman–Crippen MR) is 34.4 cm³/mol. The van der Waals surface area contributed by atoms with Crippen LogP contribution in [0.2, 0.25) is 0 Å². The molecule has 0 spiro atoms. The normalized spacial score (nSPS) is 3.18. The van der Waals surface area contributed by atoms with Crippen LogP contribution < -0.4 is 59.1 Å². The Labute approximate surface area is 115 Å². The number of rotatable bonds is 0. The predicted octanol–water partition coefficient (Wildman–Crippen LogP) is -10.8. The van der Waals surface area contributed by atoms with Crippen LogP contribution in [-0.4, -0.2) is 36.5 Å². The monoisotopic (exact) mass is 232 g/mol. The van der Waals surface area contributed by atoms with E-state index in [4.69, 9.17) is 9.11 Å². The van der Waals surface area contributed by atoms with Crippen molar-refractivity contribution in [1.29, 1.82) is 0 Å². The van der Waals surface area contributed by atoms with Gasteiger partial charge < -0.3 is 46.5 Å². The van der Waals surface area contributed by atoms with E-state index in [1.165, 1.54) is 0 Å². The third-order valence-electron chi connectivity index (χ3n) is 0. The summed E-state index contributed by atoms with van der Waals surface area (Å²) in [5.41, 5.74) is 0. The Morgan fingerprint density at radius 2 is 0.727 bits per heavy atom. The van der Waals surface area contributed by atoms with Crippen LogP contribution in [0.3, 0.4) is 0 Å². The summed E-state index contributed by atoms with van der Waals surface area (Å²) >= 11 is 3.54. The molecule has 0 radical (unpaired) electrons. The Hall–Kier alpha value is 2.29. The molecular formula is H10Na2O7S2. The van der Waals surface area contributed by atoms with Crippen molar-refractivity contribution in [1.82, 2.24) is 0 Å². The fraction of sp³-hybridized carbons (Fsp3) is 0. The summed E-state index contributed by atoms with van der Waals surface area (Å²) in [6.07, 6.45) is 0. The second-order valence-corrected chi connectivity index (χ2v) is 1.43. The molecule has 0 aromatic heterocycles. The molecule has 0 aromatic rings. The van der Waals surface area contributed by atoms with Crippen LogP contribution in [0.25, 0.3) is 0 Å². The molecule has 0 rings (SSSR count). The van der Waals surface area contributed by atoms with E-state index in [0.717, 1.165) is 0 Å². The Morgan fingerprint density at radius 1 is 0.727 bits per heavy atom. The summed E-state index contributed by atoms with van der Waals surface area (Å²) in [6, 6.07) is 0. The van der Waals surface area contributed by atoms with Gasteiger partial charge in [0.25, 0.3) is 0 Å². The Bertz CT molecular complexity index is 37.4. The summed E-state index contributed by atoms with van der Waals surface area (Å²) in [5, 5.41) is 0. The maximum absolute atomic E-state index is 8.81. The van der Waals surface area contributed by atoms with Crippen LogP contribution in [-0.2, 0) is 21.2 Å². The molecule has 0 atom stereocenters. The molecule has 0 aromatic carbocycles. The molecule has 0 saturated heterocycles. The molecule has 10 N–H and O–H groups in total. The standard InChI is InChI=1S/2Na.H2O2S2.5H2O/c;;1-4(2)3;;;;;/h;;(H2,1,2,3);5*1H2/q2*+1;;;;;;/p-2. The molecule has 66 valence electrons. The average Bonchev–Trinajstić information content (AvgIpc) is 0.811. The molecule has 0 heterocycles. The van der Waals surface area contributed by atoms with Gasteiger partial charge in [-0.05, 0) is 0 Å². The maximum atomic E-state index is 8.81. The summed E-state index contributed by atoms with van der Waals surface area (Å²) in [5.74, 6) is 0. The molecule has 7 nitrogen and oxygen atoms in total. The minimum atomic E-state index is -2.28. The maximum Gasteiger partial charge on any atom is 1.00 e. The van der Waals surface area contributed by atoms with Crippen molar-refractivity contribution < 1.29 is 95.6 Å². The molecule has 11 heteroatoms. The van der Waals surface area contributed by atoms with Gasteiger partial charge >= 0.3 is 59.1 Å². The van der Waals surface area contributed by atoms with Crippen molar-refractivity contribution in [3.63, 3.8) is 0 Å². The molecule has 11 heavy (non-hydrogen) atoms. The van der Waals surface area contributed by atoms with Crippen LogP contribution in [0.4, 0.5) is 0 Å². The third-order valence-corrected chi connectivity index (χ3v) is 0. The van der Waals surface area contributed by atoms with Crippen molar-refractivity contribution in [2.45, 2.75) is 0 Å². The first-order chi connectivity index (χ1) is 1.73. The quantitative estimate of drug-likeness (QED) is 0.373. The van der Waals surface area contributed by atoms with Crippen LogP contribution in [0.15, 0.2) is 0 Å². The van der Waals surface area contributed by atoms with Crippen LogP contribution in [0.1, 0.15) is 0 Å². The summed E-state index contributed by atoms with van der Waals surface area (Å²) in [4.78, 5) is 0. The summed E-state index contributed by atoms with van der Waals surface area (Å²) < 4.78 is 17.6. The molecule has 0 unspecified atom stereocenters. The fourth-order valence-corrected chi connectivity index (χ4v) is 0. The van der Waals surface area contributed by atoms with Gasteiger partial charge in [-0.3, -0.25) is 0 Å². The first kappa shape index (κ1) is 71.7. The van der Waals surface area contributed by atoms with E-state index in [-0.39, 0.29) is 86.5 Å². The SMILES string of the molecule is O.O.O.O.O.[Na+].[Na+].[O-]S([O-])=S. The molecule has 0 bridgehead atoms. The van der Waals surface area contributed by atoms with E-state index < -0.39 is 10.0 Å². The van der Waals surface area contributed by atoms with E-state index in [0.29, 0.717) is 0 Å². The molecule has 0 fully saturated rings. The topological polar surface area (TPSA) is 204 Å². The van der Waals surface area contributed by atoms with Crippen LogP contribution >= 0.6 is 0 Å². The zero-order valence-corrected chi connectivity index (χ0v) is 11.8. The van der Waals surface area contributed by atoms with E-state index >= 15 is 0 Å². The minimum absolute atomic E-state index is 0. The molecule has 0 aliphatic rings. The van der Waals surface area contributed by atoms with Crippen molar-refractivity contribution in [2.75, 3.05) is 0 Å². The van der Waals surface area contributed by atoms with Gasteiger partial charge in [0, 0.05) is 0 Å². The largest absolute Gasteiger partial charge is 1.00 e. The van der Waals surface area contributed by atoms with Crippen LogP contribution in [0, 0.1) is 0 Å². The number of hydrogen-bond donors (Lipinski definition) is 0. The van der Waals surface area contributed by atoms with E-state index in [2.05, 4.69) is 11.2 Å². The van der Waals surface area contributed by atoms with Crippen molar-refractivity contribution in [3.05, 3.63) is 0 Å². The first-order valence-corrected chi connectivity index (χ1v) is 2.50. The zero-order chi connectivity index (χ0) is 3.58. The van der Waals surface area contributed by atoms with Gasteiger partial charge in [0.2, 0.25) is 0 Å². The van der Waals surface area contributed by atoms with E-state index in [1.54, 1.807) is 0 Å². The van der Waals surface area contributed by atoms with E-state index in [1.807, 2.05) is 0 Å². The van der Waals surface area contributed by atoms with Crippen molar-refractivity contribution in [2.24, 2.45) is 0 Å². The number of hydrogen-bond acceptors (Lipinski definition) is 3. The first-order valence-electron chi connectivity index (χ1n) is 0.500. The molecular weight excluding hydrogens is 222 g/mol. The van der Waals surface area contributed by atoms with Gasteiger partial charge in [-0.1, -0.05) is 11.2 Å². The Kier molecular flexibility index (Phi) is 365. The van der Waals surface area contributed by atoms with Gasteiger partial charge in [0.1, 0.15) is 0 Å². The van der Waals surface area contributed by atoms with Gasteiger partial charge in [-0.25, -0.2) is 0 Å². The fourth-order valence-electron chi connectivity index (χ4n) is 0. The summed E-state index contributed by atoms with van der Waals surface area (Å²) in [7, 11) is -2.28. The molecule has 0 saturated carbocycles. The van der Waals surface area contributed by atoms with Gasteiger partial charge in [0.15, 0.2) is 0 Å². The third kappa shape index (κ3) is 248. The van der Waals surface area contributed by atoms with Gasteiger partial charge in [0.05, 0.1) is 0 Å². The average molecular weight is 232 g/mol. The second kappa shape index (κ2) is 56.0. The smallest absolute Gasteiger partial charge is 0.806 e. The van der Waals surface area contributed by atoms with Gasteiger partial charge in [-0.2, -0.15) is 0 Å². The second-order valence-electron chi connectivity index (χ2n) is 0.204. The van der Waals surface area contributed by atoms with Crippen molar-refractivity contribution in [3.8, 4) is 0 Å².